The van der Waals surface area contributed by atoms with Gasteiger partial charge in [0.2, 0.25) is 0 Å². The molecule has 1 aliphatic carbocycles. The lowest BCUT2D eigenvalue weighted by molar-refractivity contribution is 0.670. The Morgan fingerprint density at radius 3 is 1.68 bits per heavy atom. The second-order valence-corrected chi connectivity index (χ2v) is 17.3. The van der Waals surface area contributed by atoms with Gasteiger partial charge >= 0.3 is 0 Å². The van der Waals surface area contributed by atoms with Crippen LogP contribution in [-0.4, -0.2) is 15.0 Å². The highest BCUT2D eigenvalue weighted by Gasteiger charge is 2.46. The molecule has 0 N–H and O–H groups in total. The zero-order chi connectivity index (χ0) is 41.5. The van der Waals surface area contributed by atoms with Gasteiger partial charge in [-0.2, -0.15) is 0 Å². The number of fused-ring (bicyclic) bond motifs is 9. The van der Waals surface area contributed by atoms with Crippen molar-refractivity contribution in [2.24, 2.45) is 0 Å². The minimum Gasteiger partial charge on any atom is -0.455 e. The summed E-state index contributed by atoms with van der Waals surface area (Å²) in [5, 5.41) is 4.67. The zero-order valence-electron chi connectivity index (χ0n) is 33.9. The van der Waals surface area contributed by atoms with Crippen LogP contribution in [0.2, 0.25) is 0 Å². The number of nitrogens with zero attached hydrogens (tertiary/aromatic N) is 3. The Bertz CT molecular complexity index is 3700. The van der Waals surface area contributed by atoms with E-state index in [0.717, 1.165) is 44.2 Å². The Kier molecular flexibility index (Phi) is 7.96. The van der Waals surface area contributed by atoms with Gasteiger partial charge in [-0.05, 0) is 57.6 Å². The summed E-state index contributed by atoms with van der Waals surface area (Å²) in [5.74, 6) is 1.80. The molecule has 12 aromatic rings. The molecule has 63 heavy (non-hydrogen) atoms. The van der Waals surface area contributed by atoms with Gasteiger partial charge in [-0.25, -0.2) is 15.0 Å². The predicted octanol–water partition coefficient (Wildman–Crippen LogP) is 15.2. The first-order chi connectivity index (χ1) is 31.2. The lowest BCUT2D eigenvalue weighted by Gasteiger charge is -2.34. The van der Waals surface area contributed by atoms with Crippen LogP contribution in [0.5, 0.6) is 0 Å². The summed E-state index contributed by atoms with van der Waals surface area (Å²) in [7, 11) is 0. The van der Waals surface area contributed by atoms with Gasteiger partial charge in [0.1, 0.15) is 11.2 Å². The maximum atomic E-state index is 6.87. The molecule has 0 radical (unpaired) electrons. The van der Waals surface area contributed by atoms with Gasteiger partial charge in [-0.3, -0.25) is 0 Å². The van der Waals surface area contributed by atoms with Crippen molar-refractivity contribution >= 4 is 53.4 Å². The molecule has 0 bridgehead atoms. The van der Waals surface area contributed by atoms with Crippen LogP contribution >= 0.6 is 11.3 Å². The van der Waals surface area contributed by atoms with Crippen molar-refractivity contribution in [3.63, 3.8) is 0 Å². The fourth-order valence-electron chi connectivity index (χ4n) is 10.0. The highest BCUT2D eigenvalue weighted by Crippen LogP contribution is 2.56. The molecule has 0 spiro atoms. The van der Waals surface area contributed by atoms with E-state index in [4.69, 9.17) is 19.4 Å². The van der Waals surface area contributed by atoms with Crippen LogP contribution in [0.1, 0.15) is 22.3 Å². The number of para-hydroxylation sites is 1. The minimum atomic E-state index is -0.545. The SMILES string of the molecule is c1ccc(-c2nc(-c3ccc4c(c3)C(c3ccccc3)(c3ccccc3)c3ccccc3-4)nc(-c3ccc4c(c3)oc3c(-c5cccc6c5sc5ccccc56)cccc34)n2)cc1. The van der Waals surface area contributed by atoms with E-state index in [0.29, 0.717) is 17.5 Å². The monoisotopic (exact) mass is 821 g/mol. The summed E-state index contributed by atoms with van der Waals surface area (Å²) >= 11 is 1.83. The van der Waals surface area contributed by atoms with E-state index < -0.39 is 5.41 Å². The Morgan fingerprint density at radius 2 is 0.921 bits per heavy atom. The number of furan rings is 1. The van der Waals surface area contributed by atoms with Crippen LogP contribution in [0, 0.1) is 0 Å². The second-order valence-electron chi connectivity index (χ2n) is 16.2. The largest absolute Gasteiger partial charge is 0.455 e. The quantitative estimate of drug-likeness (QED) is 0.168. The normalized spacial score (nSPS) is 12.9. The number of hydrogen-bond acceptors (Lipinski definition) is 5. The predicted molar refractivity (Wildman–Crippen MR) is 259 cm³/mol. The lowest BCUT2D eigenvalue weighted by atomic mass is 9.67. The molecule has 3 aromatic heterocycles. The smallest absolute Gasteiger partial charge is 0.164 e. The third kappa shape index (κ3) is 5.43. The minimum absolute atomic E-state index is 0.545. The first-order valence-corrected chi connectivity index (χ1v) is 22.1. The molecule has 0 unspecified atom stereocenters. The second kappa shape index (κ2) is 14.0. The van der Waals surface area contributed by atoms with Crippen LogP contribution in [0.3, 0.4) is 0 Å². The number of rotatable bonds is 6. The fraction of sp³-hybridized carbons (Fsp3) is 0.0172. The van der Waals surface area contributed by atoms with Gasteiger partial charge in [-0.1, -0.05) is 188 Å². The van der Waals surface area contributed by atoms with E-state index in [1.807, 2.05) is 29.5 Å². The van der Waals surface area contributed by atoms with Crippen LogP contribution in [0.15, 0.2) is 217 Å². The van der Waals surface area contributed by atoms with E-state index >= 15 is 0 Å². The van der Waals surface area contributed by atoms with E-state index in [9.17, 15) is 0 Å². The highest BCUT2D eigenvalue weighted by molar-refractivity contribution is 7.26. The standard InChI is InChI=1S/C58H35N3OS/c1-4-16-36(17-5-1)55-59-56(37-30-32-42-41-22-10-12-28-49(41)58(50(42)34-37,39-18-6-2-7-19-39)40-20-8-3-9-21-40)61-57(60-55)38-31-33-43-45-24-14-25-46(53(45)62-51(43)35-38)48-27-15-26-47-44-23-11-13-29-52(44)63-54(47)48/h1-35H. The van der Waals surface area contributed by atoms with Crippen molar-refractivity contribution < 1.29 is 4.42 Å². The molecule has 13 rings (SSSR count). The first-order valence-electron chi connectivity index (χ1n) is 21.3. The topological polar surface area (TPSA) is 51.8 Å². The molecule has 0 saturated heterocycles. The van der Waals surface area contributed by atoms with Crippen molar-refractivity contribution in [2.45, 2.75) is 5.41 Å². The van der Waals surface area contributed by atoms with Crippen LogP contribution < -0.4 is 0 Å². The summed E-state index contributed by atoms with van der Waals surface area (Å²) in [6.07, 6.45) is 0. The molecule has 9 aromatic carbocycles. The number of thiophene rings is 1. The Morgan fingerprint density at radius 1 is 0.365 bits per heavy atom. The summed E-state index contributed by atoms with van der Waals surface area (Å²) in [6.45, 7) is 0. The van der Waals surface area contributed by atoms with Crippen LogP contribution in [0.25, 0.3) is 98.5 Å². The third-order valence-corrected chi connectivity index (χ3v) is 14.1. The van der Waals surface area contributed by atoms with Crippen LogP contribution in [-0.2, 0) is 5.41 Å². The van der Waals surface area contributed by atoms with Crippen molar-refractivity contribution in [1.29, 1.82) is 0 Å². The van der Waals surface area contributed by atoms with Crippen molar-refractivity contribution in [3.8, 4) is 56.4 Å². The van der Waals surface area contributed by atoms with Crippen molar-refractivity contribution in [1.82, 2.24) is 15.0 Å². The molecule has 5 heteroatoms. The van der Waals surface area contributed by atoms with E-state index in [-0.39, 0.29) is 0 Å². The lowest BCUT2D eigenvalue weighted by Crippen LogP contribution is -2.28. The Hall–Kier alpha value is -7.99. The number of benzene rings is 9. The summed E-state index contributed by atoms with van der Waals surface area (Å²) in [6, 6.07) is 75.5. The van der Waals surface area contributed by atoms with E-state index in [2.05, 4.69) is 194 Å². The molecule has 0 amide bonds. The van der Waals surface area contributed by atoms with Gasteiger partial charge in [0.15, 0.2) is 17.5 Å². The van der Waals surface area contributed by atoms with Gasteiger partial charge in [0.25, 0.3) is 0 Å². The molecule has 0 atom stereocenters. The van der Waals surface area contributed by atoms with Crippen molar-refractivity contribution in [2.75, 3.05) is 0 Å². The first kappa shape index (κ1) is 35.7. The average Bonchev–Trinajstić information content (AvgIpc) is 4.03. The molecule has 1 aliphatic rings. The average molecular weight is 822 g/mol. The molecular formula is C58H35N3OS. The Balaban J connectivity index is 0.990. The molecule has 0 saturated carbocycles. The van der Waals surface area contributed by atoms with Gasteiger partial charge in [-0.15, -0.1) is 11.3 Å². The Labute approximate surface area is 367 Å². The molecule has 3 heterocycles. The maximum absolute atomic E-state index is 6.87. The third-order valence-electron chi connectivity index (χ3n) is 12.8. The van der Waals surface area contributed by atoms with Crippen molar-refractivity contribution in [3.05, 3.63) is 235 Å². The maximum Gasteiger partial charge on any atom is 0.164 e. The van der Waals surface area contributed by atoms with Gasteiger partial charge in [0, 0.05) is 58.8 Å². The van der Waals surface area contributed by atoms with Crippen LogP contribution in [0.4, 0.5) is 0 Å². The molecule has 0 aliphatic heterocycles. The highest BCUT2D eigenvalue weighted by atomic mass is 32.1. The van der Waals surface area contributed by atoms with Gasteiger partial charge in [0.05, 0.1) is 5.41 Å². The fourth-order valence-corrected chi connectivity index (χ4v) is 11.3. The van der Waals surface area contributed by atoms with E-state index in [1.165, 1.54) is 59.1 Å². The zero-order valence-corrected chi connectivity index (χ0v) is 34.7. The summed E-state index contributed by atoms with van der Waals surface area (Å²) < 4.78 is 9.42. The van der Waals surface area contributed by atoms with Gasteiger partial charge < -0.3 is 4.42 Å². The molecule has 294 valence electrons. The molecule has 4 nitrogen and oxygen atoms in total. The van der Waals surface area contributed by atoms with E-state index in [1.54, 1.807) is 0 Å². The number of aromatic nitrogens is 3. The summed E-state index contributed by atoms with van der Waals surface area (Å²) in [5.41, 5.74) is 13.4. The number of hydrogen-bond donors (Lipinski definition) is 0. The molecule has 0 fully saturated rings. The molecular weight excluding hydrogens is 787 g/mol. The summed E-state index contributed by atoms with van der Waals surface area (Å²) in [4.78, 5) is 15.6.